The van der Waals surface area contributed by atoms with Crippen LogP contribution >= 0.6 is 11.3 Å². The standard InChI is InChI=1S/C11H20N2S/c1-4-5-13-11(7-12)10-6-8(2)14-9(10)3/h6,11,13H,4-5,7,12H2,1-3H3. The average molecular weight is 212 g/mol. The molecule has 2 nitrogen and oxygen atoms in total. The van der Waals surface area contributed by atoms with Crippen LogP contribution < -0.4 is 11.1 Å². The molecule has 0 fully saturated rings. The van der Waals surface area contributed by atoms with E-state index in [1.165, 1.54) is 15.3 Å². The molecule has 0 spiro atoms. The molecule has 0 aliphatic carbocycles. The lowest BCUT2D eigenvalue weighted by molar-refractivity contribution is 0.539. The van der Waals surface area contributed by atoms with Crippen molar-refractivity contribution >= 4 is 11.3 Å². The molecule has 1 aromatic heterocycles. The average Bonchev–Trinajstić information content (AvgIpc) is 2.47. The van der Waals surface area contributed by atoms with Gasteiger partial charge in [0.1, 0.15) is 0 Å². The Balaban J connectivity index is 2.72. The van der Waals surface area contributed by atoms with E-state index in [0.29, 0.717) is 12.6 Å². The van der Waals surface area contributed by atoms with Gasteiger partial charge in [0.15, 0.2) is 0 Å². The molecule has 0 aliphatic rings. The monoisotopic (exact) mass is 212 g/mol. The van der Waals surface area contributed by atoms with E-state index in [4.69, 9.17) is 5.73 Å². The Morgan fingerprint density at radius 1 is 1.50 bits per heavy atom. The molecule has 1 unspecified atom stereocenters. The Morgan fingerprint density at radius 3 is 2.64 bits per heavy atom. The van der Waals surface area contributed by atoms with E-state index in [1.54, 1.807) is 0 Å². The van der Waals surface area contributed by atoms with E-state index in [0.717, 1.165) is 13.0 Å². The fourth-order valence-electron chi connectivity index (χ4n) is 1.64. The Bertz CT molecular complexity index is 281. The zero-order valence-corrected chi connectivity index (χ0v) is 10.1. The molecule has 3 N–H and O–H groups in total. The number of nitrogens with two attached hydrogens (primary N) is 1. The molecule has 1 aromatic rings. The topological polar surface area (TPSA) is 38.0 Å². The lowest BCUT2D eigenvalue weighted by Gasteiger charge is -2.16. The van der Waals surface area contributed by atoms with Crippen LogP contribution in [0.4, 0.5) is 0 Å². The largest absolute Gasteiger partial charge is 0.329 e. The Kier molecular flexibility index (Phi) is 4.58. The summed E-state index contributed by atoms with van der Waals surface area (Å²) in [6.07, 6.45) is 1.15. The molecular formula is C11H20N2S. The molecule has 1 heterocycles. The van der Waals surface area contributed by atoms with Crippen LogP contribution in [-0.4, -0.2) is 13.1 Å². The van der Waals surface area contributed by atoms with Crippen LogP contribution in [0.2, 0.25) is 0 Å². The second-order valence-corrected chi connectivity index (χ2v) is 5.07. The lowest BCUT2D eigenvalue weighted by Crippen LogP contribution is -2.28. The number of thiophene rings is 1. The third-order valence-electron chi connectivity index (χ3n) is 2.33. The molecule has 0 aliphatic heterocycles. The van der Waals surface area contributed by atoms with Crippen LogP contribution in [0.25, 0.3) is 0 Å². The Labute approximate surface area is 90.5 Å². The molecule has 14 heavy (non-hydrogen) atoms. The van der Waals surface area contributed by atoms with E-state index in [-0.39, 0.29) is 0 Å². The Morgan fingerprint density at radius 2 is 2.21 bits per heavy atom. The van der Waals surface area contributed by atoms with Gasteiger partial charge < -0.3 is 11.1 Å². The van der Waals surface area contributed by atoms with Crippen molar-refractivity contribution in [2.24, 2.45) is 5.73 Å². The highest BCUT2D eigenvalue weighted by molar-refractivity contribution is 7.12. The SMILES string of the molecule is CCCNC(CN)c1cc(C)sc1C. The van der Waals surface area contributed by atoms with E-state index < -0.39 is 0 Å². The van der Waals surface area contributed by atoms with E-state index in [9.17, 15) is 0 Å². The molecule has 0 bridgehead atoms. The summed E-state index contributed by atoms with van der Waals surface area (Å²) in [5.41, 5.74) is 7.14. The highest BCUT2D eigenvalue weighted by atomic mass is 32.1. The molecule has 80 valence electrons. The van der Waals surface area contributed by atoms with Crippen molar-refractivity contribution in [1.29, 1.82) is 0 Å². The summed E-state index contributed by atoms with van der Waals surface area (Å²) in [5, 5.41) is 3.47. The van der Waals surface area contributed by atoms with Gasteiger partial charge in [-0.15, -0.1) is 11.3 Å². The van der Waals surface area contributed by atoms with Gasteiger partial charge in [-0.25, -0.2) is 0 Å². The highest BCUT2D eigenvalue weighted by Gasteiger charge is 2.12. The van der Waals surface area contributed by atoms with Crippen LogP contribution in [0.1, 0.15) is 34.7 Å². The molecular weight excluding hydrogens is 192 g/mol. The summed E-state index contributed by atoms with van der Waals surface area (Å²) in [6.45, 7) is 8.21. The van der Waals surface area contributed by atoms with Crippen LogP contribution in [0.5, 0.6) is 0 Å². The first-order valence-electron chi connectivity index (χ1n) is 5.19. The van der Waals surface area contributed by atoms with Crippen molar-refractivity contribution in [3.63, 3.8) is 0 Å². The first kappa shape index (κ1) is 11.7. The van der Waals surface area contributed by atoms with Gasteiger partial charge in [-0.1, -0.05) is 6.92 Å². The maximum Gasteiger partial charge on any atom is 0.0455 e. The number of hydrogen-bond acceptors (Lipinski definition) is 3. The smallest absolute Gasteiger partial charge is 0.0455 e. The quantitative estimate of drug-likeness (QED) is 0.786. The van der Waals surface area contributed by atoms with Gasteiger partial charge in [0.05, 0.1) is 0 Å². The fourth-order valence-corrected chi connectivity index (χ4v) is 2.62. The third-order valence-corrected chi connectivity index (χ3v) is 3.31. The summed E-state index contributed by atoms with van der Waals surface area (Å²) in [6, 6.07) is 2.58. The lowest BCUT2D eigenvalue weighted by atomic mass is 10.1. The predicted molar refractivity (Wildman–Crippen MR) is 63.9 cm³/mol. The fraction of sp³-hybridized carbons (Fsp3) is 0.636. The number of aryl methyl sites for hydroxylation is 2. The van der Waals surface area contributed by atoms with Crippen molar-refractivity contribution in [1.82, 2.24) is 5.32 Å². The summed E-state index contributed by atoms with van der Waals surface area (Å²) in [4.78, 5) is 2.76. The van der Waals surface area contributed by atoms with Crippen molar-refractivity contribution < 1.29 is 0 Å². The van der Waals surface area contributed by atoms with Gasteiger partial charge in [-0.05, 0) is 38.4 Å². The molecule has 0 amide bonds. The van der Waals surface area contributed by atoms with Crippen molar-refractivity contribution in [3.8, 4) is 0 Å². The number of rotatable bonds is 5. The minimum Gasteiger partial charge on any atom is -0.329 e. The van der Waals surface area contributed by atoms with Crippen LogP contribution in [-0.2, 0) is 0 Å². The Hall–Kier alpha value is -0.380. The second-order valence-electron chi connectivity index (χ2n) is 3.61. The molecule has 0 aromatic carbocycles. The maximum absolute atomic E-state index is 5.77. The molecule has 0 saturated carbocycles. The van der Waals surface area contributed by atoms with Gasteiger partial charge in [0.2, 0.25) is 0 Å². The first-order valence-corrected chi connectivity index (χ1v) is 6.01. The molecule has 0 radical (unpaired) electrons. The third kappa shape index (κ3) is 2.80. The normalized spacial score (nSPS) is 13.1. The van der Waals surface area contributed by atoms with E-state index >= 15 is 0 Å². The van der Waals surface area contributed by atoms with Crippen LogP contribution in [0.3, 0.4) is 0 Å². The van der Waals surface area contributed by atoms with Gasteiger partial charge in [0.25, 0.3) is 0 Å². The maximum atomic E-state index is 5.77. The summed E-state index contributed by atoms with van der Waals surface area (Å²) >= 11 is 1.85. The van der Waals surface area contributed by atoms with Crippen LogP contribution in [0, 0.1) is 13.8 Å². The van der Waals surface area contributed by atoms with Crippen molar-refractivity contribution in [3.05, 3.63) is 21.4 Å². The van der Waals surface area contributed by atoms with E-state index in [2.05, 4.69) is 32.2 Å². The minimum absolute atomic E-state index is 0.333. The molecule has 0 saturated heterocycles. The zero-order chi connectivity index (χ0) is 10.6. The predicted octanol–water partition coefficient (Wildman–Crippen LogP) is 2.36. The molecule has 1 rings (SSSR count). The number of hydrogen-bond donors (Lipinski definition) is 2. The number of nitrogens with one attached hydrogen (secondary N) is 1. The van der Waals surface area contributed by atoms with Gasteiger partial charge in [-0.3, -0.25) is 0 Å². The molecule has 3 heteroatoms. The van der Waals surface area contributed by atoms with E-state index in [1.807, 2.05) is 11.3 Å². The first-order chi connectivity index (χ1) is 6.69. The zero-order valence-electron chi connectivity index (χ0n) is 9.26. The van der Waals surface area contributed by atoms with Gasteiger partial charge in [0, 0.05) is 22.3 Å². The minimum atomic E-state index is 0.333. The summed E-state index contributed by atoms with van der Waals surface area (Å²) < 4.78 is 0. The molecule has 1 atom stereocenters. The van der Waals surface area contributed by atoms with Crippen molar-refractivity contribution in [2.75, 3.05) is 13.1 Å². The highest BCUT2D eigenvalue weighted by Crippen LogP contribution is 2.25. The second kappa shape index (κ2) is 5.49. The summed E-state index contributed by atoms with van der Waals surface area (Å²) in [7, 11) is 0. The summed E-state index contributed by atoms with van der Waals surface area (Å²) in [5.74, 6) is 0. The van der Waals surface area contributed by atoms with Crippen LogP contribution in [0.15, 0.2) is 6.07 Å². The van der Waals surface area contributed by atoms with Gasteiger partial charge >= 0.3 is 0 Å². The van der Waals surface area contributed by atoms with Gasteiger partial charge in [-0.2, -0.15) is 0 Å². The van der Waals surface area contributed by atoms with Crippen molar-refractivity contribution in [2.45, 2.75) is 33.2 Å².